The van der Waals surface area contributed by atoms with Crippen LogP contribution in [0.3, 0.4) is 0 Å². The van der Waals surface area contributed by atoms with Crippen LogP contribution in [0.25, 0.3) is 5.57 Å². The van der Waals surface area contributed by atoms with E-state index < -0.39 is 16.7 Å². The van der Waals surface area contributed by atoms with Gasteiger partial charge in [0.2, 0.25) is 0 Å². The van der Waals surface area contributed by atoms with Crippen LogP contribution >= 0.6 is 0 Å². The summed E-state index contributed by atoms with van der Waals surface area (Å²) in [7, 11) is 0. The molecule has 33 heavy (non-hydrogen) atoms. The average molecular weight is 441 g/mol. The van der Waals surface area contributed by atoms with E-state index in [-0.39, 0.29) is 17.0 Å². The van der Waals surface area contributed by atoms with Crippen LogP contribution in [0.15, 0.2) is 78.5 Å². The molecular formula is C26H23N3O4. The summed E-state index contributed by atoms with van der Waals surface area (Å²) in [6.07, 6.45) is 0. The van der Waals surface area contributed by atoms with Crippen molar-refractivity contribution in [2.75, 3.05) is 16.3 Å². The molecule has 0 saturated carbocycles. The zero-order chi connectivity index (χ0) is 23.7. The van der Waals surface area contributed by atoms with E-state index in [2.05, 4.69) is 0 Å². The van der Waals surface area contributed by atoms with Crippen LogP contribution in [-0.2, 0) is 9.59 Å². The maximum Gasteiger partial charge on any atom is 0.282 e. The number of rotatable bonds is 6. The molecule has 0 saturated heterocycles. The third kappa shape index (κ3) is 3.89. The summed E-state index contributed by atoms with van der Waals surface area (Å²) in [6, 6.07) is 20.7. The molecule has 3 aromatic carbocycles. The van der Waals surface area contributed by atoms with Crippen molar-refractivity contribution >= 4 is 34.4 Å². The molecule has 0 bridgehead atoms. The lowest BCUT2D eigenvalue weighted by molar-refractivity contribution is -0.384. The second-order valence-electron chi connectivity index (χ2n) is 7.84. The number of hydrogen-bond acceptors (Lipinski definition) is 5. The van der Waals surface area contributed by atoms with E-state index in [4.69, 9.17) is 0 Å². The summed E-state index contributed by atoms with van der Waals surface area (Å²) in [4.78, 5) is 41.1. The van der Waals surface area contributed by atoms with E-state index >= 15 is 0 Å². The lowest BCUT2D eigenvalue weighted by Crippen LogP contribution is -2.35. The number of imide groups is 1. The molecule has 0 spiro atoms. The number of likely N-dealkylation sites (N-methyl/N-ethyl adjacent to an activating group) is 1. The van der Waals surface area contributed by atoms with Gasteiger partial charge < -0.3 is 4.90 Å². The molecule has 0 aliphatic carbocycles. The van der Waals surface area contributed by atoms with Crippen LogP contribution < -0.4 is 9.80 Å². The first-order valence-corrected chi connectivity index (χ1v) is 10.6. The second-order valence-corrected chi connectivity index (χ2v) is 7.84. The number of anilines is 2. The first-order chi connectivity index (χ1) is 15.8. The smallest absolute Gasteiger partial charge is 0.282 e. The number of nitro groups is 1. The predicted molar refractivity (Wildman–Crippen MR) is 128 cm³/mol. The predicted octanol–water partition coefficient (Wildman–Crippen LogP) is 5.02. The molecule has 1 heterocycles. The van der Waals surface area contributed by atoms with Gasteiger partial charge in [0.05, 0.1) is 16.2 Å². The molecule has 0 aromatic heterocycles. The van der Waals surface area contributed by atoms with Crippen LogP contribution in [0.5, 0.6) is 0 Å². The largest absolute Gasteiger partial charge is 0.337 e. The molecule has 0 atom stereocenters. The molecular weight excluding hydrogens is 418 g/mol. The molecule has 0 radical (unpaired) electrons. The number of carbonyl (C=O) groups is 2. The molecule has 7 heteroatoms. The molecule has 0 N–H and O–H groups in total. The Morgan fingerprint density at radius 2 is 1.58 bits per heavy atom. The molecule has 0 unspecified atom stereocenters. The van der Waals surface area contributed by atoms with Crippen molar-refractivity contribution in [3.8, 4) is 0 Å². The highest BCUT2D eigenvalue weighted by molar-refractivity contribution is 6.46. The van der Waals surface area contributed by atoms with Gasteiger partial charge in [0.15, 0.2) is 0 Å². The van der Waals surface area contributed by atoms with Gasteiger partial charge in [0.25, 0.3) is 17.5 Å². The minimum absolute atomic E-state index is 0.0840. The molecule has 1 aliphatic rings. The lowest BCUT2D eigenvalue weighted by atomic mass is 10.0. The number of carbonyl (C=O) groups excluding carboxylic acids is 2. The highest BCUT2D eigenvalue weighted by atomic mass is 16.6. The summed E-state index contributed by atoms with van der Waals surface area (Å²) < 4.78 is 0. The van der Waals surface area contributed by atoms with E-state index in [1.165, 1.54) is 29.2 Å². The highest BCUT2D eigenvalue weighted by Gasteiger charge is 2.43. The van der Waals surface area contributed by atoms with Crippen molar-refractivity contribution in [2.24, 2.45) is 0 Å². The van der Waals surface area contributed by atoms with E-state index in [1.54, 1.807) is 11.0 Å². The zero-order valence-corrected chi connectivity index (χ0v) is 18.6. The average Bonchev–Trinajstić information content (AvgIpc) is 3.05. The van der Waals surface area contributed by atoms with Gasteiger partial charge in [-0.05, 0) is 62.2 Å². The minimum Gasteiger partial charge on any atom is -0.337 e. The van der Waals surface area contributed by atoms with E-state index in [0.29, 0.717) is 17.8 Å². The zero-order valence-electron chi connectivity index (χ0n) is 18.6. The normalized spacial score (nSPS) is 13.6. The summed E-state index contributed by atoms with van der Waals surface area (Å²) in [5.41, 5.74) is 3.98. The van der Waals surface area contributed by atoms with Crippen LogP contribution in [0, 0.1) is 24.0 Å². The molecule has 3 aromatic rings. The maximum atomic E-state index is 13.8. The molecule has 166 valence electrons. The summed E-state index contributed by atoms with van der Waals surface area (Å²) in [5.74, 6) is -0.879. The third-order valence-electron chi connectivity index (χ3n) is 5.67. The summed E-state index contributed by atoms with van der Waals surface area (Å²) >= 11 is 0. The van der Waals surface area contributed by atoms with Gasteiger partial charge in [-0.15, -0.1) is 0 Å². The van der Waals surface area contributed by atoms with Crippen LogP contribution in [0.2, 0.25) is 0 Å². The Hall–Kier alpha value is -4.26. The summed E-state index contributed by atoms with van der Waals surface area (Å²) in [5, 5.41) is 11.1. The Morgan fingerprint density at radius 3 is 2.15 bits per heavy atom. The molecule has 4 rings (SSSR count). The number of benzene rings is 3. The highest BCUT2D eigenvalue weighted by Crippen LogP contribution is 2.38. The van der Waals surface area contributed by atoms with Gasteiger partial charge in [-0.25, -0.2) is 4.90 Å². The topological polar surface area (TPSA) is 83.8 Å². The summed E-state index contributed by atoms with van der Waals surface area (Å²) in [6.45, 7) is 6.17. The molecule has 1 aliphatic heterocycles. The first-order valence-electron chi connectivity index (χ1n) is 10.6. The maximum absolute atomic E-state index is 13.8. The van der Waals surface area contributed by atoms with Gasteiger partial charge in [-0.2, -0.15) is 0 Å². The number of nitro benzene ring substituents is 1. The fraction of sp³-hybridized carbons (Fsp3) is 0.154. The Balaban J connectivity index is 1.91. The molecule has 7 nitrogen and oxygen atoms in total. The fourth-order valence-electron chi connectivity index (χ4n) is 4.13. The monoisotopic (exact) mass is 441 g/mol. The quantitative estimate of drug-likeness (QED) is 0.305. The minimum atomic E-state index is -0.495. The number of para-hydroxylation sites is 1. The number of amides is 2. The van der Waals surface area contributed by atoms with Gasteiger partial charge in [0.1, 0.15) is 5.70 Å². The van der Waals surface area contributed by atoms with Gasteiger partial charge >= 0.3 is 0 Å². The number of hydrogen-bond donors (Lipinski definition) is 0. The fourth-order valence-corrected chi connectivity index (χ4v) is 4.13. The number of aryl methyl sites for hydroxylation is 2. The van der Waals surface area contributed by atoms with Crippen molar-refractivity contribution in [1.29, 1.82) is 0 Å². The van der Waals surface area contributed by atoms with Gasteiger partial charge in [-0.3, -0.25) is 19.7 Å². The Kier molecular flexibility index (Phi) is 5.79. The lowest BCUT2D eigenvalue weighted by Gasteiger charge is -2.25. The van der Waals surface area contributed by atoms with Crippen molar-refractivity contribution in [2.45, 2.75) is 20.8 Å². The molecule has 0 fully saturated rings. The standard InChI is InChI=1S/C26H23N3O4/c1-4-27(20-8-6-5-7-9-20)24-23(19-11-13-21(14-12-19)29(32)33)25(30)28(26(24)31)22-15-10-17(2)16-18(22)3/h5-16H,4H2,1-3H3. The van der Waals surface area contributed by atoms with Crippen LogP contribution in [-0.4, -0.2) is 23.3 Å². The Labute approximate surface area is 191 Å². The van der Waals surface area contributed by atoms with E-state index in [0.717, 1.165) is 16.8 Å². The Bertz CT molecular complexity index is 1280. The number of non-ortho nitro benzene ring substituents is 1. The van der Waals surface area contributed by atoms with Crippen molar-refractivity contribution in [3.63, 3.8) is 0 Å². The number of nitrogens with zero attached hydrogens (tertiary/aromatic N) is 3. The second kappa shape index (κ2) is 8.70. The molecule has 2 amide bonds. The Morgan fingerprint density at radius 1 is 0.909 bits per heavy atom. The van der Waals surface area contributed by atoms with Gasteiger partial charge in [-0.1, -0.05) is 35.9 Å². The van der Waals surface area contributed by atoms with Crippen molar-refractivity contribution < 1.29 is 14.5 Å². The van der Waals surface area contributed by atoms with Crippen molar-refractivity contribution in [3.05, 3.63) is 105 Å². The van der Waals surface area contributed by atoms with E-state index in [9.17, 15) is 19.7 Å². The van der Waals surface area contributed by atoms with Crippen LogP contribution in [0.4, 0.5) is 17.1 Å². The third-order valence-corrected chi connectivity index (χ3v) is 5.67. The van der Waals surface area contributed by atoms with E-state index in [1.807, 2.05) is 63.2 Å². The van der Waals surface area contributed by atoms with Crippen molar-refractivity contribution in [1.82, 2.24) is 0 Å². The first kappa shape index (κ1) is 22.0. The van der Waals surface area contributed by atoms with Crippen LogP contribution in [0.1, 0.15) is 23.6 Å². The van der Waals surface area contributed by atoms with Gasteiger partial charge in [0, 0.05) is 24.4 Å². The SMILES string of the molecule is CCN(C1=C(c2ccc([N+](=O)[O-])cc2)C(=O)N(c2ccc(C)cc2C)C1=O)c1ccccc1.